The monoisotopic (exact) mass is 310 g/mol. The number of likely N-dealkylation sites (N-methyl/N-ethyl adjacent to an activating group) is 1. The van der Waals surface area contributed by atoms with Crippen LogP contribution >= 0.6 is 15.9 Å². The summed E-state index contributed by atoms with van der Waals surface area (Å²) in [7, 11) is 1.87. The molecule has 1 N–H and O–H groups in total. The molecule has 1 saturated heterocycles. The van der Waals surface area contributed by atoms with Gasteiger partial charge >= 0.3 is 0 Å². The van der Waals surface area contributed by atoms with Crippen LogP contribution in [0, 0.1) is 6.92 Å². The summed E-state index contributed by atoms with van der Waals surface area (Å²) in [5.74, 6) is 0.0874. The van der Waals surface area contributed by atoms with Crippen molar-refractivity contribution in [1.29, 1.82) is 0 Å². The van der Waals surface area contributed by atoms with E-state index in [2.05, 4.69) is 21.2 Å². The molecule has 4 heteroatoms. The van der Waals surface area contributed by atoms with E-state index in [1.165, 1.54) is 6.42 Å². The molecule has 1 heterocycles. The smallest absolute Gasteiger partial charge is 0.253 e. The third-order valence-corrected chi connectivity index (χ3v) is 4.28. The molecule has 0 aliphatic carbocycles. The molecule has 0 spiro atoms. The molecular weight excluding hydrogens is 292 g/mol. The minimum Gasteiger partial charge on any atom is -0.340 e. The van der Waals surface area contributed by atoms with Gasteiger partial charge in [-0.1, -0.05) is 22.0 Å². The van der Waals surface area contributed by atoms with Crippen LogP contribution in [0.4, 0.5) is 0 Å². The first-order valence-electron chi connectivity index (χ1n) is 6.33. The van der Waals surface area contributed by atoms with Gasteiger partial charge in [-0.25, -0.2) is 0 Å². The van der Waals surface area contributed by atoms with Gasteiger partial charge in [0.05, 0.1) is 0 Å². The lowest BCUT2D eigenvalue weighted by Crippen LogP contribution is -2.38. The second kappa shape index (κ2) is 5.85. The molecule has 1 fully saturated rings. The Kier molecular flexibility index (Phi) is 4.40. The Hall–Kier alpha value is -0.870. The van der Waals surface area contributed by atoms with E-state index in [0.29, 0.717) is 6.04 Å². The van der Waals surface area contributed by atoms with E-state index < -0.39 is 0 Å². The molecule has 1 aliphatic heterocycles. The van der Waals surface area contributed by atoms with Crippen molar-refractivity contribution in [3.05, 3.63) is 33.8 Å². The predicted molar refractivity (Wildman–Crippen MR) is 76.9 cm³/mol. The summed E-state index contributed by atoms with van der Waals surface area (Å²) < 4.78 is 0.987. The van der Waals surface area contributed by atoms with Gasteiger partial charge in [0.25, 0.3) is 5.91 Å². The van der Waals surface area contributed by atoms with E-state index in [1.807, 2.05) is 32.2 Å². The number of hydrogen-bond donors (Lipinski definition) is 1. The first-order valence-corrected chi connectivity index (χ1v) is 7.12. The van der Waals surface area contributed by atoms with Crippen LogP contribution in [0.2, 0.25) is 0 Å². The van der Waals surface area contributed by atoms with Crippen LogP contribution in [-0.4, -0.2) is 37.0 Å². The fourth-order valence-electron chi connectivity index (χ4n) is 2.27. The lowest BCUT2D eigenvalue weighted by Gasteiger charge is -2.21. The molecule has 1 aromatic carbocycles. The van der Waals surface area contributed by atoms with E-state index in [1.54, 1.807) is 4.90 Å². The van der Waals surface area contributed by atoms with Crippen molar-refractivity contribution < 1.29 is 4.79 Å². The van der Waals surface area contributed by atoms with Crippen molar-refractivity contribution >= 4 is 21.8 Å². The van der Waals surface area contributed by atoms with E-state index in [4.69, 9.17) is 0 Å². The van der Waals surface area contributed by atoms with Gasteiger partial charge in [-0.15, -0.1) is 0 Å². The molecule has 1 amide bonds. The number of halogens is 1. The molecule has 98 valence electrons. The minimum atomic E-state index is 0.0874. The molecule has 18 heavy (non-hydrogen) atoms. The summed E-state index contributed by atoms with van der Waals surface area (Å²) in [4.78, 5) is 14.1. The molecular formula is C14H19BrN2O. The number of rotatable bonds is 3. The zero-order valence-corrected chi connectivity index (χ0v) is 12.5. The first-order chi connectivity index (χ1) is 8.58. The van der Waals surface area contributed by atoms with E-state index in [0.717, 1.165) is 35.1 Å². The summed E-state index contributed by atoms with van der Waals surface area (Å²) in [6.07, 6.45) is 2.37. The third kappa shape index (κ3) is 3.12. The van der Waals surface area contributed by atoms with Gasteiger partial charge in [0.2, 0.25) is 0 Å². The Morgan fingerprint density at radius 1 is 1.56 bits per heavy atom. The number of carbonyl (C=O) groups is 1. The van der Waals surface area contributed by atoms with Gasteiger partial charge < -0.3 is 10.2 Å². The standard InChI is InChI=1S/C14H19BrN2O/c1-10-5-6-11(8-13(10)15)14(18)17(2)9-12-4-3-7-16-12/h5-6,8,12,16H,3-4,7,9H2,1-2H3. The molecule has 0 bridgehead atoms. The maximum absolute atomic E-state index is 12.3. The van der Waals surface area contributed by atoms with E-state index >= 15 is 0 Å². The topological polar surface area (TPSA) is 32.3 Å². The van der Waals surface area contributed by atoms with Gasteiger partial charge in [0.15, 0.2) is 0 Å². The Morgan fingerprint density at radius 3 is 2.94 bits per heavy atom. The fourth-order valence-corrected chi connectivity index (χ4v) is 2.65. The average molecular weight is 311 g/mol. The number of nitrogens with one attached hydrogen (secondary N) is 1. The van der Waals surface area contributed by atoms with Crippen LogP contribution in [0.5, 0.6) is 0 Å². The fraction of sp³-hybridized carbons (Fsp3) is 0.500. The number of hydrogen-bond acceptors (Lipinski definition) is 2. The zero-order chi connectivity index (χ0) is 13.1. The summed E-state index contributed by atoms with van der Waals surface area (Å²) in [6, 6.07) is 6.21. The summed E-state index contributed by atoms with van der Waals surface area (Å²) in [5, 5.41) is 3.41. The highest BCUT2D eigenvalue weighted by atomic mass is 79.9. The van der Waals surface area contributed by atoms with Crippen LogP contribution < -0.4 is 5.32 Å². The van der Waals surface area contributed by atoms with E-state index in [9.17, 15) is 4.79 Å². The maximum Gasteiger partial charge on any atom is 0.253 e. The lowest BCUT2D eigenvalue weighted by atomic mass is 10.1. The van der Waals surface area contributed by atoms with Crippen molar-refractivity contribution in [3.8, 4) is 0 Å². The Balaban J connectivity index is 2.02. The van der Waals surface area contributed by atoms with Crippen LogP contribution in [0.1, 0.15) is 28.8 Å². The Labute approximate surface area is 117 Å². The van der Waals surface area contributed by atoms with Crippen molar-refractivity contribution in [2.24, 2.45) is 0 Å². The highest BCUT2D eigenvalue weighted by molar-refractivity contribution is 9.10. The molecule has 1 aromatic rings. The molecule has 0 aromatic heterocycles. The van der Waals surface area contributed by atoms with Crippen molar-refractivity contribution in [3.63, 3.8) is 0 Å². The molecule has 3 nitrogen and oxygen atoms in total. The van der Waals surface area contributed by atoms with Crippen molar-refractivity contribution in [1.82, 2.24) is 10.2 Å². The quantitative estimate of drug-likeness (QED) is 0.930. The molecule has 2 rings (SSSR count). The van der Waals surface area contributed by atoms with Crippen LogP contribution in [0.3, 0.4) is 0 Å². The average Bonchev–Trinajstić information content (AvgIpc) is 2.84. The predicted octanol–water partition coefficient (Wildman–Crippen LogP) is 2.58. The molecule has 1 aliphatic rings. The number of nitrogens with zero attached hydrogens (tertiary/aromatic N) is 1. The van der Waals surface area contributed by atoms with Gasteiger partial charge in [0, 0.05) is 29.7 Å². The second-order valence-corrected chi connectivity index (χ2v) is 5.80. The Morgan fingerprint density at radius 2 is 2.33 bits per heavy atom. The van der Waals surface area contributed by atoms with Crippen LogP contribution in [-0.2, 0) is 0 Å². The SMILES string of the molecule is Cc1ccc(C(=O)N(C)CC2CCCN2)cc1Br. The number of benzene rings is 1. The first kappa shape index (κ1) is 13.6. The molecule has 0 saturated carbocycles. The zero-order valence-electron chi connectivity index (χ0n) is 10.9. The second-order valence-electron chi connectivity index (χ2n) is 4.94. The van der Waals surface area contributed by atoms with Gasteiger partial charge in [0.1, 0.15) is 0 Å². The van der Waals surface area contributed by atoms with Crippen LogP contribution in [0.25, 0.3) is 0 Å². The highest BCUT2D eigenvalue weighted by Crippen LogP contribution is 2.18. The number of amides is 1. The molecule has 1 unspecified atom stereocenters. The Bertz CT molecular complexity index is 441. The van der Waals surface area contributed by atoms with Crippen molar-refractivity contribution in [2.75, 3.05) is 20.1 Å². The summed E-state index contributed by atoms with van der Waals surface area (Å²) >= 11 is 3.47. The van der Waals surface area contributed by atoms with Gasteiger partial charge in [-0.3, -0.25) is 4.79 Å². The van der Waals surface area contributed by atoms with Gasteiger partial charge in [-0.2, -0.15) is 0 Å². The lowest BCUT2D eigenvalue weighted by molar-refractivity contribution is 0.0784. The van der Waals surface area contributed by atoms with E-state index in [-0.39, 0.29) is 5.91 Å². The summed E-state index contributed by atoms with van der Waals surface area (Å²) in [5.41, 5.74) is 1.89. The summed E-state index contributed by atoms with van der Waals surface area (Å²) in [6.45, 7) is 3.87. The third-order valence-electron chi connectivity index (χ3n) is 3.42. The largest absolute Gasteiger partial charge is 0.340 e. The highest BCUT2D eigenvalue weighted by Gasteiger charge is 2.19. The van der Waals surface area contributed by atoms with Gasteiger partial charge in [-0.05, 0) is 44.0 Å². The number of aryl methyl sites for hydroxylation is 1. The number of carbonyl (C=O) groups excluding carboxylic acids is 1. The maximum atomic E-state index is 12.3. The van der Waals surface area contributed by atoms with Crippen LogP contribution in [0.15, 0.2) is 22.7 Å². The minimum absolute atomic E-state index is 0.0874. The van der Waals surface area contributed by atoms with Crippen molar-refractivity contribution in [2.45, 2.75) is 25.8 Å². The normalized spacial score (nSPS) is 18.9. The molecule has 1 atom stereocenters. The molecule has 0 radical (unpaired) electrons.